The molecule has 1 aliphatic rings. The van der Waals surface area contributed by atoms with Crippen LogP contribution in [0.5, 0.6) is 0 Å². The summed E-state index contributed by atoms with van der Waals surface area (Å²) in [5.74, 6) is 8.47. The summed E-state index contributed by atoms with van der Waals surface area (Å²) in [4.78, 5) is 2.37. The Bertz CT molecular complexity index is 228. The van der Waals surface area contributed by atoms with E-state index < -0.39 is 0 Å². The van der Waals surface area contributed by atoms with Crippen molar-refractivity contribution in [3.8, 4) is 11.8 Å². The van der Waals surface area contributed by atoms with Gasteiger partial charge in [0.2, 0.25) is 0 Å². The maximum absolute atomic E-state index is 3.46. The van der Waals surface area contributed by atoms with Crippen molar-refractivity contribution in [2.45, 2.75) is 52.4 Å². The van der Waals surface area contributed by atoms with Gasteiger partial charge in [0.15, 0.2) is 0 Å². The van der Waals surface area contributed by atoms with Gasteiger partial charge in [-0.1, -0.05) is 19.8 Å². The lowest BCUT2D eigenvalue weighted by Crippen LogP contribution is -2.19. The molecule has 0 amide bonds. The van der Waals surface area contributed by atoms with Crippen LogP contribution in [0.2, 0.25) is 0 Å². The first-order valence-electron chi connectivity index (χ1n) is 6.89. The van der Waals surface area contributed by atoms with Gasteiger partial charge in [0.25, 0.3) is 0 Å². The quantitative estimate of drug-likeness (QED) is 0.656. The Morgan fingerprint density at radius 2 is 1.81 bits per heavy atom. The molecule has 0 heterocycles. The van der Waals surface area contributed by atoms with Crippen molar-refractivity contribution >= 4 is 0 Å². The Morgan fingerprint density at radius 3 is 2.44 bits per heavy atom. The molecule has 0 radical (unpaired) electrons. The second kappa shape index (κ2) is 7.74. The minimum Gasteiger partial charge on any atom is -0.305 e. The predicted octanol–water partition coefficient (Wildman–Crippen LogP) is 3.55. The van der Waals surface area contributed by atoms with E-state index in [1.807, 2.05) is 0 Å². The molecule has 0 spiro atoms. The average molecular weight is 221 g/mol. The molecule has 0 aliphatic heterocycles. The molecular weight excluding hydrogens is 194 g/mol. The Kier molecular flexibility index (Phi) is 6.57. The molecule has 1 nitrogen and oxygen atoms in total. The smallest absolute Gasteiger partial charge is 0.0217 e. The number of hydrogen-bond acceptors (Lipinski definition) is 1. The summed E-state index contributed by atoms with van der Waals surface area (Å²) in [5.41, 5.74) is 0. The van der Waals surface area contributed by atoms with Gasteiger partial charge in [0, 0.05) is 18.9 Å². The Balaban J connectivity index is 2.12. The van der Waals surface area contributed by atoms with Crippen molar-refractivity contribution in [3.63, 3.8) is 0 Å². The molecule has 1 rings (SSSR count). The van der Waals surface area contributed by atoms with Crippen molar-refractivity contribution < 1.29 is 0 Å². The van der Waals surface area contributed by atoms with Crippen LogP contribution in [0.25, 0.3) is 0 Å². The van der Waals surface area contributed by atoms with Gasteiger partial charge in [-0.3, -0.25) is 0 Å². The van der Waals surface area contributed by atoms with Crippen LogP contribution in [-0.2, 0) is 0 Å². The van der Waals surface area contributed by atoms with E-state index in [9.17, 15) is 0 Å². The molecule has 0 saturated heterocycles. The topological polar surface area (TPSA) is 3.24 Å². The number of hydrogen-bond donors (Lipinski definition) is 0. The van der Waals surface area contributed by atoms with Crippen molar-refractivity contribution in [2.24, 2.45) is 11.8 Å². The van der Waals surface area contributed by atoms with Crippen molar-refractivity contribution in [1.82, 2.24) is 4.90 Å². The Labute approximate surface area is 102 Å². The highest BCUT2D eigenvalue weighted by atomic mass is 15.1. The predicted molar refractivity (Wildman–Crippen MR) is 71.3 cm³/mol. The van der Waals surface area contributed by atoms with Crippen LogP contribution in [0.4, 0.5) is 0 Å². The van der Waals surface area contributed by atoms with E-state index in [0.29, 0.717) is 5.92 Å². The first-order valence-corrected chi connectivity index (χ1v) is 6.89. The fourth-order valence-electron chi connectivity index (χ4n) is 2.36. The van der Waals surface area contributed by atoms with Gasteiger partial charge in [0.1, 0.15) is 0 Å². The minimum atomic E-state index is 0.702. The summed E-state index contributed by atoms with van der Waals surface area (Å²) < 4.78 is 0. The molecule has 0 unspecified atom stereocenters. The zero-order chi connectivity index (χ0) is 11.8. The van der Waals surface area contributed by atoms with E-state index in [2.05, 4.69) is 37.6 Å². The normalized spacial score (nSPS) is 25.2. The summed E-state index contributed by atoms with van der Waals surface area (Å²) in [7, 11) is 2.19. The SMILES string of the molecule is CCCN(C)CCC#CC1CCC(C)CC1. The van der Waals surface area contributed by atoms with Gasteiger partial charge >= 0.3 is 0 Å². The molecule has 92 valence electrons. The maximum Gasteiger partial charge on any atom is 0.0217 e. The molecule has 0 aromatic rings. The lowest BCUT2D eigenvalue weighted by molar-refractivity contribution is 0.335. The highest BCUT2D eigenvalue weighted by Gasteiger charge is 2.15. The summed E-state index contributed by atoms with van der Waals surface area (Å²) >= 11 is 0. The lowest BCUT2D eigenvalue weighted by Gasteiger charge is -2.22. The van der Waals surface area contributed by atoms with E-state index in [-0.39, 0.29) is 0 Å². The van der Waals surface area contributed by atoms with Crippen molar-refractivity contribution in [3.05, 3.63) is 0 Å². The summed E-state index contributed by atoms with van der Waals surface area (Å²) in [6, 6.07) is 0. The summed E-state index contributed by atoms with van der Waals surface area (Å²) in [6.07, 6.45) is 7.72. The largest absolute Gasteiger partial charge is 0.305 e. The molecule has 1 fully saturated rings. The summed E-state index contributed by atoms with van der Waals surface area (Å²) in [5, 5.41) is 0. The number of rotatable bonds is 4. The zero-order valence-electron chi connectivity index (χ0n) is 11.3. The Morgan fingerprint density at radius 1 is 1.12 bits per heavy atom. The molecule has 16 heavy (non-hydrogen) atoms. The number of nitrogens with zero attached hydrogens (tertiary/aromatic N) is 1. The van der Waals surface area contributed by atoms with Crippen LogP contribution in [0.1, 0.15) is 52.4 Å². The van der Waals surface area contributed by atoms with Crippen LogP contribution < -0.4 is 0 Å². The van der Waals surface area contributed by atoms with Crippen LogP contribution in [0.3, 0.4) is 0 Å². The maximum atomic E-state index is 3.46. The van der Waals surface area contributed by atoms with E-state index in [0.717, 1.165) is 18.9 Å². The minimum absolute atomic E-state index is 0.702. The second-order valence-electron chi connectivity index (χ2n) is 5.33. The molecule has 0 aromatic carbocycles. The van der Waals surface area contributed by atoms with Gasteiger partial charge in [0.05, 0.1) is 0 Å². The molecule has 0 atom stereocenters. The standard InChI is InChI=1S/C15H27N/c1-4-12-16(3)13-6-5-7-15-10-8-14(2)9-11-15/h14-15H,4,6,8-13H2,1-3H3. The van der Waals surface area contributed by atoms with Crippen LogP contribution in [0, 0.1) is 23.7 Å². The third kappa shape index (κ3) is 5.56. The third-order valence-electron chi connectivity index (χ3n) is 3.55. The van der Waals surface area contributed by atoms with Crippen molar-refractivity contribution in [2.75, 3.05) is 20.1 Å². The van der Waals surface area contributed by atoms with Gasteiger partial charge in [-0.15, -0.1) is 5.92 Å². The van der Waals surface area contributed by atoms with Gasteiger partial charge in [-0.05, 0) is 51.6 Å². The fourth-order valence-corrected chi connectivity index (χ4v) is 2.36. The first-order chi connectivity index (χ1) is 7.72. The monoisotopic (exact) mass is 221 g/mol. The highest BCUT2D eigenvalue weighted by molar-refractivity contribution is 5.04. The molecule has 0 N–H and O–H groups in total. The molecular formula is C15H27N. The highest BCUT2D eigenvalue weighted by Crippen LogP contribution is 2.27. The van der Waals surface area contributed by atoms with E-state index in [4.69, 9.17) is 0 Å². The van der Waals surface area contributed by atoms with Crippen LogP contribution >= 0.6 is 0 Å². The van der Waals surface area contributed by atoms with E-state index >= 15 is 0 Å². The molecule has 1 aliphatic carbocycles. The fraction of sp³-hybridized carbons (Fsp3) is 0.867. The summed E-state index contributed by atoms with van der Waals surface area (Å²) in [6.45, 7) is 6.92. The van der Waals surface area contributed by atoms with Crippen LogP contribution in [-0.4, -0.2) is 25.0 Å². The lowest BCUT2D eigenvalue weighted by atomic mass is 9.83. The molecule has 1 saturated carbocycles. The zero-order valence-corrected chi connectivity index (χ0v) is 11.3. The molecule has 1 heteroatoms. The Hall–Kier alpha value is -0.480. The van der Waals surface area contributed by atoms with E-state index in [1.54, 1.807) is 0 Å². The molecule has 0 aromatic heterocycles. The van der Waals surface area contributed by atoms with E-state index in [1.165, 1.54) is 38.6 Å². The second-order valence-corrected chi connectivity index (χ2v) is 5.33. The average Bonchev–Trinajstić information content (AvgIpc) is 2.27. The van der Waals surface area contributed by atoms with Crippen LogP contribution in [0.15, 0.2) is 0 Å². The molecule has 0 bridgehead atoms. The first kappa shape index (κ1) is 13.6. The third-order valence-corrected chi connectivity index (χ3v) is 3.55. The van der Waals surface area contributed by atoms with Gasteiger partial charge < -0.3 is 4.90 Å². The van der Waals surface area contributed by atoms with Gasteiger partial charge in [-0.25, -0.2) is 0 Å². The van der Waals surface area contributed by atoms with Crippen molar-refractivity contribution in [1.29, 1.82) is 0 Å². The van der Waals surface area contributed by atoms with Gasteiger partial charge in [-0.2, -0.15) is 0 Å².